The standard InChI is InChI=1S/C22H22F3N3O3S/c1-28-12-11-26-21(28)32-17-7-5-16(6-8-17)27-20(29)10-4-15-3-9-18(19(13-15)30-2)31-14-22(23,24)25/h3,5-9,11-13H,4,10,14H2,1-2H3,(H,27,29). The summed E-state index contributed by atoms with van der Waals surface area (Å²) in [4.78, 5) is 17.6. The number of anilines is 1. The number of alkyl halides is 3. The van der Waals surface area contributed by atoms with E-state index in [4.69, 9.17) is 9.47 Å². The molecular formula is C22H22F3N3O3S. The number of hydrogen-bond donors (Lipinski definition) is 1. The summed E-state index contributed by atoms with van der Waals surface area (Å²) in [6, 6.07) is 12.0. The zero-order chi connectivity index (χ0) is 23.1. The molecule has 1 heterocycles. The molecule has 0 atom stereocenters. The molecule has 0 aliphatic rings. The summed E-state index contributed by atoms with van der Waals surface area (Å²) >= 11 is 1.52. The maximum Gasteiger partial charge on any atom is 0.422 e. The number of rotatable bonds is 9. The van der Waals surface area contributed by atoms with Crippen molar-refractivity contribution in [2.75, 3.05) is 19.0 Å². The largest absolute Gasteiger partial charge is 0.493 e. The van der Waals surface area contributed by atoms with Crippen molar-refractivity contribution in [3.8, 4) is 11.5 Å². The highest BCUT2D eigenvalue weighted by molar-refractivity contribution is 7.99. The Labute approximate surface area is 187 Å². The molecule has 0 radical (unpaired) electrons. The predicted molar refractivity (Wildman–Crippen MR) is 115 cm³/mol. The van der Waals surface area contributed by atoms with Gasteiger partial charge in [-0.2, -0.15) is 13.2 Å². The molecule has 170 valence electrons. The normalized spacial score (nSPS) is 11.3. The number of nitrogens with zero attached hydrogens (tertiary/aromatic N) is 2. The third-order valence-electron chi connectivity index (χ3n) is 4.38. The highest BCUT2D eigenvalue weighted by Gasteiger charge is 2.29. The number of amides is 1. The first-order valence-corrected chi connectivity index (χ1v) is 10.5. The third-order valence-corrected chi connectivity index (χ3v) is 5.47. The van der Waals surface area contributed by atoms with E-state index in [9.17, 15) is 18.0 Å². The maximum atomic E-state index is 12.4. The molecule has 1 N–H and O–H groups in total. The molecule has 0 saturated heterocycles. The van der Waals surface area contributed by atoms with Gasteiger partial charge in [0, 0.05) is 36.4 Å². The van der Waals surface area contributed by atoms with Crippen molar-refractivity contribution in [1.82, 2.24) is 9.55 Å². The SMILES string of the molecule is COc1cc(CCC(=O)Nc2ccc(Sc3nccn3C)cc2)ccc1OCC(F)(F)F. The van der Waals surface area contributed by atoms with Gasteiger partial charge in [0.1, 0.15) is 0 Å². The Bertz CT molecular complexity index is 1050. The van der Waals surface area contributed by atoms with Crippen LogP contribution in [0.1, 0.15) is 12.0 Å². The lowest BCUT2D eigenvalue weighted by Crippen LogP contribution is -2.19. The van der Waals surface area contributed by atoms with E-state index in [1.165, 1.54) is 24.9 Å². The van der Waals surface area contributed by atoms with Crippen LogP contribution in [0.2, 0.25) is 0 Å². The van der Waals surface area contributed by atoms with Crippen LogP contribution in [0, 0.1) is 0 Å². The molecule has 32 heavy (non-hydrogen) atoms. The summed E-state index contributed by atoms with van der Waals surface area (Å²) < 4.78 is 48.9. The van der Waals surface area contributed by atoms with Crippen LogP contribution in [-0.2, 0) is 18.3 Å². The minimum absolute atomic E-state index is 0.00142. The van der Waals surface area contributed by atoms with E-state index in [-0.39, 0.29) is 23.8 Å². The first-order valence-electron chi connectivity index (χ1n) is 9.65. The van der Waals surface area contributed by atoms with Crippen LogP contribution in [0.5, 0.6) is 11.5 Å². The van der Waals surface area contributed by atoms with Gasteiger partial charge < -0.3 is 19.4 Å². The van der Waals surface area contributed by atoms with Crippen LogP contribution in [0.3, 0.4) is 0 Å². The van der Waals surface area contributed by atoms with E-state index in [0.29, 0.717) is 12.1 Å². The Morgan fingerprint density at radius 2 is 1.91 bits per heavy atom. The third kappa shape index (κ3) is 6.94. The minimum Gasteiger partial charge on any atom is -0.493 e. The van der Waals surface area contributed by atoms with E-state index in [1.807, 2.05) is 42.1 Å². The summed E-state index contributed by atoms with van der Waals surface area (Å²) in [6.07, 6.45) is -0.230. The Hall–Kier alpha value is -3.14. The Kier molecular flexibility index (Phi) is 7.68. The van der Waals surface area contributed by atoms with Gasteiger partial charge in [-0.15, -0.1) is 0 Å². The van der Waals surface area contributed by atoms with Crippen LogP contribution >= 0.6 is 11.8 Å². The number of carbonyl (C=O) groups is 1. The van der Waals surface area contributed by atoms with Crippen molar-refractivity contribution in [3.05, 3.63) is 60.4 Å². The summed E-state index contributed by atoms with van der Waals surface area (Å²) in [5.41, 5.74) is 1.42. The average Bonchev–Trinajstić information content (AvgIpc) is 3.16. The van der Waals surface area contributed by atoms with E-state index >= 15 is 0 Å². The highest BCUT2D eigenvalue weighted by atomic mass is 32.2. The second-order valence-corrected chi connectivity index (χ2v) is 7.93. The molecule has 3 aromatic rings. The van der Waals surface area contributed by atoms with Gasteiger partial charge in [0.15, 0.2) is 23.3 Å². The van der Waals surface area contributed by atoms with Gasteiger partial charge in [0.25, 0.3) is 0 Å². The van der Waals surface area contributed by atoms with Crippen LogP contribution in [0.4, 0.5) is 18.9 Å². The number of imidazole rings is 1. The highest BCUT2D eigenvalue weighted by Crippen LogP contribution is 2.30. The first kappa shape index (κ1) is 23.5. The molecule has 0 spiro atoms. The number of methoxy groups -OCH3 is 1. The predicted octanol–water partition coefficient (Wildman–Crippen LogP) is 5.09. The number of aryl methyl sites for hydroxylation is 2. The molecule has 0 aliphatic carbocycles. The quantitative estimate of drug-likeness (QED) is 0.477. The molecule has 0 bridgehead atoms. The van der Waals surface area contributed by atoms with E-state index < -0.39 is 12.8 Å². The smallest absolute Gasteiger partial charge is 0.422 e. The van der Waals surface area contributed by atoms with Crippen molar-refractivity contribution in [2.24, 2.45) is 7.05 Å². The molecular weight excluding hydrogens is 443 g/mol. The molecule has 0 unspecified atom stereocenters. The van der Waals surface area contributed by atoms with Gasteiger partial charge in [0.05, 0.1) is 7.11 Å². The molecule has 6 nitrogen and oxygen atoms in total. The number of ether oxygens (including phenoxy) is 2. The van der Waals surface area contributed by atoms with Crippen molar-refractivity contribution < 1.29 is 27.4 Å². The molecule has 10 heteroatoms. The maximum absolute atomic E-state index is 12.4. The fraction of sp³-hybridized carbons (Fsp3) is 0.273. The lowest BCUT2D eigenvalue weighted by atomic mass is 10.1. The van der Waals surface area contributed by atoms with Gasteiger partial charge >= 0.3 is 6.18 Å². The second-order valence-electron chi connectivity index (χ2n) is 6.88. The van der Waals surface area contributed by atoms with Gasteiger partial charge in [-0.05, 0) is 48.4 Å². The molecule has 1 aromatic heterocycles. The molecule has 2 aromatic carbocycles. The van der Waals surface area contributed by atoms with Crippen LogP contribution in [0.25, 0.3) is 0 Å². The fourth-order valence-electron chi connectivity index (χ4n) is 2.79. The number of halogens is 3. The molecule has 1 amide bonds. The van der Waals surface area contributed by atoms with Gasteiger partial charge in [0.2, 0.25) is 5.91 Å². The van der Waals surface area contributed by atoms with Gasteiger partial charge in [-0.25, -0.2) is 4.98 Å². The average molecular weight is 465 g/mol. The lowest BCUT2D eigenvalue weighted by molar-refractivity contribution is -0.153. The van der Waals surface area contributed by atoms with Crippen molar-refractivity contribution in [3.63, 3.8) is 0 Å². The van der Waals surface area contributed by atoms with E-state index in [0.717, 1.165) is 15.6 Å². The number of aromatic nitrogens is 2. The van der Waals surface area contributed by atoms with E-state index in [1.54, 1.807) is 18.3 Å². The van der Waals surface area contributed by atoms with Crippen molar-refractivity contribution >= 4 is 23.4 Å². The van der Waals surface area contributed by atoms with Crippen LogP contribution in [-0.4, -0.2) is 35.4 Å². The minimum atomic E-state index is -4.43. The van der Waals surface area contributed by atoms with Gasteiger partial charge in [-0.3, -0.25) is 4.79 Å². The van der Waals surface area contributed by atoms with Crippen LogP contribution in [0.15, 0.2) is 64.9 Å². The Balaban J connectivity index is 1.51. The summed E-state index contributed by atoms with van der Waals surface area (Å²) in [5, 5.41) is 3.70. The number of benzene rings is 2. The number of nitrogens with one attached hydrogen (secondary N) is 1. The number of hydrogen-bond acceptors (Lipinski definition) is 5. The Morgan fingerprint density at radius 1 is 1.16 bits per heavy atom. The lowest BCUT2D eigenvalue weighted by Gasteiger charge is -2.13. The zero-order valence-corrected chi connectivity index (χ0v) is 18.3. The van der Waals surface area contributed by atoms with Crippen molar-refractivity contribution in [1.29, 1.82) is 0 Å². The molecule has 3 rings (SSSR count). The molecule has 0 fully saturated rings. The number of carbonyl (C=O) groups excluding carboxylic acids is 1. The van der Waals surface area contributed by atoms with Gasteiger partial charge in [-0.1, -0.05) is 17.8 Å². The molecule has 0 aliphatic heterocycles. The second kappa shape index (κ2) is 10.4. The Morgan fingerprint density at radius 3 is 2.53 bits per heavy atom. The molecule has 0 saturated carbocycles. The first-order chi connectivity index (χ1) is 15.2. The van der Waals surface area contributed by atoms with Crippen LogP contribution < -0.4 is 14.8 Å². The summed E-state index contributed by atoms with van der Waals surface area (Å²) in [5.74, 6) is 0.0142. The van der Waals surface area contributed by atoms with E-state index in [2.05, 4.69) is 10.3 Å². The van der Waals surface area contributed by atoms with Crippen molar-refractivity contribution in [2.45, 2.75) is 29.1 Å². The fourth-order valence-corrected chi connectivity index (χ4v) is 3.59. The summed E-state index contributed by atoms with van der Waals surface area (Å²) in [6.45, 7) is -1.40. The monoisotopic (exact) mass is 465 g/mol. The topological polar surface area (TPSA) is 65.4 Å². The zero-order valence-electron chi connectivity index (χ0n) is 17.5. The summed E-state index contributed by atoms with van der Waals surface area (Å²) in [7, 11) is 3.27.